The standard InChI is InChI=1S/C16H27N3OS/c1-10(2)8-13-18-11(3)14(21-13)15(20)19-7-6-12(17)16(4,5)9-19/h10,12H,6-9,17H2,1-5H3. The third kappa shape index (κ3) is 3.64. The number of amides is 1. The number of piperidine rings is 1. The highest BCUT2D eigenvalue weighted by Crippen LogP contribution is 2.30. The molecule has 5 heteroatoms. The van der Waals surface area contributed by atoms with E-state index in [9.17, 15) is 4.79 Å². The Bertz CT molecular complexity index is 522. The molecular weight excluding hydrogens is 282 g/mol. The minimum absolute atomic E-state index is 0.0206. The molecule has 2 heterocycles. The van der Waals surface area contributed by atoms with E-state index in [2.05, 4.69) is 32.7 Å². The summed E-state index contributed by atoms with van der Waals surface area (Å²) in [6.45, 7) is 12.0. The molecule has 0 radical (unpaired) electrons. The van der Waals surface area contributed by atoms with Crippen molar-refractivity contribution in [1.29, 1.82) is 0 Å². The fraction of sp³-hybridized carbons (Fsp3) is 0.750. The molecule has 1 fully saturated rings. The number of nitrogens with two attached hydrogens (primary N) is 1. The van der Waals surface area contributed by atoms with Crippen molar-refractivity contribution in [1.82, 2.24) is 9.88 Å². The molecule has 0 aliphatic carbocycles. The summed E-state index contributed by atoms with van der Waals surface area (Å²) in [7, 11) is 0. The molecular formula is C16H27N3OS. The van der Waals surface area contributed by atoms with Crippen molar-refractivity contribution >= 4 is 17.2 Å². The molecule has 1 atom stereocenters. The summed E-state index contributed by atoms with van der Waals surface area (Å²) in [5.74, 6) is 0.686. The monoisotopic (exact) mass is 309 g/mol. The average Bonchev–Trinajstić information content (AvgIpc) is 2.71. The highest BCUT2D eigenvalue weighted by Gasteiger charge is 2.36. The molecule has 1 saturated heterocycles. The van der Waals surface area contributed by atoms with Crippen LogP contribution in [0.25, 0.3) is 0 Å². The van der Waals surface area contributed by atoms with Gasteiger partial charge in [-0.05, 0) is 24.7 Å². The van der Waals surface area contributed by atoms with Gasteiger partial charge in [0.15, 0.2) is 0 Å². The summed E-state index contributed by atoms with van der Waals surface area (Å²) in [6.07, 6.45) is 1.81. The van der Waals surface area contributed by atoms with E-state index >= 15 is 0 Å². The van der Waals surface area contributed by atoms with Crippen LogP contribution in [0.1, 0.15) is 54.5 Å². The van der Waals surface area contributed by atoms with Crippen molar-refractivity contribution in [2.75, 3.05) is 13.1 Å². The van der Waals surface area contributed by atoms with Gasteiger partial charge in [0, 0.05) is 25.6 Å². The molecule has 0 bridgehead atoms. The lowest BCUT2D eigenvalue weighted by Crippen LogP contribution is -2.53. The maximum absolute atomic E-state index is 12.8. The number of hydrogen-bond acceptors (Lipinski definition) is 4. The van der Waals surface area contributed by atoms with Crippen LogP contribution in [0.2, 0.25) is 0 Å². The van der Waals surface area contributed by atoms with E-state index in [1.54, 1.807) is 11.3 Å². The number of aromatic nitrogens is 1. The number of aryl methyl sites for hydroxylation is 1. The maximum atomic E-state index is 12.8. The predicted molar refractivity (Wildman–Crippen MR) is 87.7 cm³/mol. The summed E-state index contributed by atoms with van der Waals surface area (Å²) in [6, 6.07) is 0.167. The zero-order valence-electron chi connectivity index (χ0n) is 13.8. The number of thiazole rings is 1. The van der Waals surface area contributed by atoms with E-state index in [4.69, 9.17) is 5.73 Å². The first-order valence-electron chi connectivity index (χ1n) is 7.72. The number of likely N-dealkylation sites (tertiary alicyclic amines) is 1. The summed E-state index contributed by atoms with van der Waals surface area (Å²) >= 11 is 1.56. The minimum atomic E-state index is -0.0206. The number of hydrogen-bond donors (Lipinski definition) is 1. The van der Waals surface area contributed by atoms with Gasteiger partial charge in [0.05, 0.1) is 10.7 Å². The number of carbonyl (C=O) groups excluding carboxylic acids is 1. The van der Waals surface area contributed by atoms with Crippen LogP contribution in [0.3, 0.4) is 0 Å². The predicted octanol–water partition coefficient (Wildman–Crippen LogP) is 2.85. The van der Waals surface area contributed by atoms with Gasteiger partial charge in [-0.3, -0.25) is 4.79 Å². The van der Waals surface area contributed by atoms with Gasteiger partial charge in [-0.25, -0.2) is 4.98 Å². The van der Waals surface area contributed by atoms with Crippen molar-refractivity contribution in [3.8, 4) is 0 Å². The van der Waals surface area contributed by atoms with E-state index in [1.165, 1.54) is 0 Å². The van der Waals surface area contributed by atoms with Gasteiger partial charge in [-0.1, -0.05) is 27.7 Å². The fourth-order valence-corrected chi connectivity index (χ4v) is 4.02. The lowest BCUT2D eigenvalue weighted by Gasteiger charge is -2.42. The molecule has 1 aliphatic rings. The van der Waals surface area contributed by atoms with Crippen LogP contribution < -0.4 is 5.73 Å². The van der Waals surface area contributed by atoms with Crippen LogP contribution in [-0.4, -0.2) is 34.9 Å². The molecule has 0 spiro atoms. The molecule has 118 valence electrons. The zero-order valence-corrected chi connectivity index (χ0v) is 14.6. The van der Waals surface area contributed by atoms with Gasteiger partial charge in [0.25, 0.3) is 5.91 Å². The minimum Gasteiger partial charge on any atom is -0.337 e. The molecule has 2 rings (SSSR count). The molecule has 0 saturated carbocycles. The topological polar surface area (TPSA) is 59.2 Å². The van der Waals surface area contributed by atoms with Gasteiger partial charge in [0.2, 0.25) is 0 Å². The molecule has 1 unspecified atom stereocenters. The van der Waals surface area contributed by atoms with Gasteiger partial charge in [0.1, 0.15) is 4.88 Å². The molecule has 21 heavy (non-hydrogen) atoms. The molecule has 2 N–H and O–H groups in total. The molecule has 1 amide bonds. The Kier molecular flexibility index (Phi) is 4.73. The van der Waals surface area contributed by atoms with Crippen LogP contribution in [0.4, 0.5) is 0 Å². The lowest BCUT2D eigenvalue weighted by atomic mass is 9.79. The van der Waals surface area contributed by atoms with E-state index < -0.39 is 0 Å². The van der Waals surface area contributed by atoms with Crippen LogP contribution in [-0.2, 0) is 6.42 Å². The van der Waals surface area contributed by atoms with Crippen molar-refractivity contribution in [3.05, 3.63) is 15.6 Å². The normalized spacial score (nSPS) is 21.9. The van der Waals surface area contributed by atoms with E-state index in [-0.39, 0.29) is 17.4 Å². The zero-order chi connectivity index (χ0) is 15.8. The van der Waals surface area contributed by atoms with Crippen molar-refractivity contribution in [2.45, 2.75) is 53.5 Å². The Morgan fingerprint density at radius 2 is 2.19 bits per heavy atom. The lowest BCUT2D eigenvalue weighted by molar-refractivity contribution is 0.0536. The SMILES string of the molecule is Cc1nc(CC(C)C)sc1C(=O)N1CCC(N)C(C)(C)C1. The van der Waals surface area contributed by atoms with Crippen LogP contribution in [0.5, 0.6) is 0 Å². The third-order valence-corrected chi connectivity index (χ3v) is 5.39. The molecule has 1 aromatic rings. The molecule has 0 aromatic carbocycles. The van der Waals surface area contributed by atoms with Crippen LogP contribution in [0, 0.1) is 18.3 Å². The Morgan fingerprint density at radius 1 is 1.52 bits per heavy atom. The van der Waals surface area contributed by atoms with E-state index in [0.29, 0.717) is 5.92 Å². The highest BCUT2D eigenvalue weighted by atomic mass is 32.1. The smallest absolute Gasteiger partial charge is 0.265 e. The first kappa shape index (κ1) is 16.4. The second kappa shape index (κ2) is 6.05. The molecule has 4 nitrogen and oxygen atoms in total. The maximum Gasteiger partial charge on any atom is 0.265 e. The quantitative estimate of drug-likeness (QED) is 0.934. The van der Waals surface area contributed by atoms with E-state index in [1.807, 2.05) is 11.8 Å². The average molecular weight is 309 g/mol. The van der Waals surface area contributed by atoms with Crippen LogP contribution in [0.15, 0.2) is 0 Å². The largest absolute Gasteiger partial charge is 0.337 e. The fourth-order valence-electron chi connectivity index (χ4n) is 2.78. The van der Waals surface area contributed by atoms with Gasteiger partial charge in [-0.2, -0.15) is 0 Å². The second-order valence-corrected chi connectivity index (χ2v) is 8.31. The first-order chi connectivity index (χ1) is 9.70. The summed E-state index contributed by atoms with van der Waals surface area (Å²) in [5.41, 5.74) is 7.00. The van der Waals surface area contributed by atoms with Gasteiger partial charge in [-0.15, -0.1) is 11.3 Å². The molecule has 1 aromatic heterocycles. The Balaban J connectivity index is 2.15. The number of rotatable bonds is 3. The molecule has 1 aliphatic heterocycles. The first-order valence-corrected chi connectivity index (χ1v) is 8.53. The van der Waals surface area contributed by atoms with Gasteiger partial charge < -0.3 is 10.6 Å². The Morgan fingerprint density at radius 3 is 2.76 bits per heavy atom. The highest BCUT2D eigenvalue weighted by molar-refractivity contribution is 7.13. The Labute approximate surface area is 131 Å². The number of nitrogens with zero attached hydrogens (tertiary/aromatic N) is 2. The van der Waals surface area contributed by atoms with Crippen molar-refractivity contribution in [3.63, 3.8) is 0 Å². The van der Waals surface area contributed by atoms with Crippen LogP contribution >= 0.6 is 11.3 Å². The summed E-state index contributed by atoms with van der Waals surface area (Å²) in [4.78, 5) is 20.1. The summed E-state index contributed by atoms with van der Waals surface area (Å²) < 4.78 is 0. The van der Waals surface area contributed by atoms with Gasteiger partial charge >= 0.3 is 0 Å². The van der Waals surface area contributed by atoms with Crippen molar-refractivity contribution in [2.24, 2.45) is 17.1 Å². The third-order valence-electron chi connectivity index (χ3n) is 4.22. The Hall–Kier alpha value is -0.940. The second-order valence-electron chi connectivity index (χ2n) is 7.23. The van der Waals surface area contributed by atoms with E-state index in [0.717, 1.165) is 41.5 Å². The number of carbonyl (C=O) groups is 1. The summed E-state index contributed by atoms with van der Waals surface area (Å²) in [5, 5.41) is 1.07. The van der Waals surface area contributed by atoms with Crippen molar-refractivity contribution < 1.29 is 4.79 Å².